The molecule has 0 aromatic heterocycles. The Morgan fingerprint density at radius 1 is 0.962 bits per heavy atom. The molecular formula is C22H23N2O2-. The van der Waals surface area contributed by atoms with Crippen LogP contribution in [-0.4, -0.2) is 24.5 Å². The number of anilines is 1. The molecule has 4 heteroatoms. The Balaban J connectivity index is 1.46. The Morgan fingerprint density at radius 3 is 2.69 bits per heavy atom. The van der Waals surface area contributed by atoms with E-state index in [0.717, 1.165) is 39.8 Å². The largest absolute Gasteiger partial charge is 0.758 e. The first-order valence-corrected chi connectivity index (χ1v) is 9.54. The van der Waals surface area contributed by atoms with Crippen LogP contribution >= 0.6 is 0 Å². The number of nitrogens with zero attached hydrogens (tertiary/aromatic N) is 2. The summed E-state index contributed by atoms with van der Waals surface area (Å²) in [7, 11) is 0. The van der Waals surface area contributed by atoms with Gasteiger partial charge in [-0.15, -0.1) is 0 Å². The van der Waals surface area contributed by atoms with Crippen LogP contribution in [0.1, 0.15) is 41.5 Å². The molecule has 3 aliphatic heterocycles. The molecule has 2 aromatic rings. The van der Waals surface area contributed by atoms with Crippen molar-refractivity contribution in [3.05, 3.63) is 69.9 Å². The number of benzene rings is 2. The molecule has 1 saturated heterocycles. The molecule has 0 N–H and O–H groups in total. The Kier molecular flexibility index (Phi) is 3.95. The van der Waals surface area contributed by atoms with Crippen molar-refractivity contribution in [3.8, 4) is 0 Å². The molecule has 0 atom stereocenters. The van der Waals surface area contributed by atoms with Gasteiger partial charge in [-0.05, 0) is 37.6 Å². The van der Waals surface area contributed by atoms with Crippen molar-refractivity contribution < 1.29 is 4.74 Å². The molecule has 0 saturated carbocycles. The van der Waals surface area contributed by atoms with Crippen LogP contribution in [0, 0.1) is 5.21 Å². The maximum Gasteiger partial charge on any atom is 0.133 e. The van der Waals surface area contributed by atoms with E-state index in [-0.39, 0.29) is 0 Å². The van der Waals surface area contributed by atoms with Gasteiger partial charge >= 0.3 is 0 Å². The molecule has 0 amide bonds. The van der Waals surface area contributed by atoms with Crippen LogP contribution in [0.4, 0.5) is 5.69 Å². The second-order valence-corrected chi connectivity index (χ2v) is 7.48. The van der Waals surface area contributed by atoms with E-state index in [4.69, 9.17) is 4.74 Å². The third kappa shape index (κ3) is 2.70. The average molecular weight is 347 g/mol. The fourth-order valence-electron chi connectivity index (χ4n) is 4.39. The molecule has 1 fully saturated rings. The molecule has 0 bridgehead atoms. The van der Waals surface area contributed by atoms with E-state index in [1.54, 1.807) is 0 Å². The normalized spacial score (nSPS) is 22.3. The van der Waals surface area contributed by atoms with Gasteiger partial charge in [0.1, 0.15) is 12.4 Å². The fourth-order valence-corrected chi connectivity index (χ4v) is 4.39. The van der Waals surface area contributed by atoms with E-state index in [1.807, 2.05) is 24.3 Å². The number of hydrogen-bond acceptors (Lipinski definition) is 4. The molecule has 26 heavy (non-hydrogen) atoms. The van der Waals surface area contributed by atoms with E-state index in [1.165, 1.54) is 43.5 Å². The Morgan fingerprint density at radius 2 is 1.81 bits per heavy atom. The van der Waals surface area contributed by atoms with E-state index < -0.39 is 0 Å². The van der Waals surface area contributed by atoms with Crippen LogP contribution in [0.3, 0.4) is 0 Å². The smallest absolute Gasteiger partial charge is 0.133 e. The molecule has 0 unspecified atom stereocenters. The van der Waals surface area contributed by atoms with Crippen molar-refractivity contribution >= 4 is 17.0 Å². The van der Waals surface area contributed by atoms with E-state index in [0.29, 0.717) is 13.2 Å². The van der Waals surface area contributed by atoms with Crippen LogP contribution in [0.15, 0.2) is 42.5 Å². The zero-order chi connectivity index (χ0) is 17.5. The molecule has 3 aliphatic rings. The van der Waals surface area contributed by atoms with Crippen molar-refractivity contribution in [2.75, 3.05) is 24.7 Å². The lowest BCUT2D eigenvalue weighted by molar-refractivity contribution is 0.220. The zero-order valence-corrected chi connectivity index (χ0v) is 14.9. The highest BCUT2D eigenvalue weighted by Crippen LogP contribution is 2.43. The minimum Gasteiger partial charge on any atom is -0.758 e. The minimum absolute atomic E-state index is 0.365. The summed E-state index contributed by atoms with van der Waals surface area (Å²) < 4.78 is 6.06. The van der Waals surface area contributed by atoms with Crippen LogP contribution in [0.2, 0.25) is 0 Å². The van der Waals surface area contributed by atoms with Gasteiger partial charge in [0.15, 0.2) is 0 Å². The first-order valence-electron chi connectivity index (χ1n) is 9.54. The van der Waals surface area contributed by atoms with Gasteiger partial charge < -0.3 is 15.0 Å². The number of hydrogen-bond donors (Lipinski definition) is 0. The third-order valence-electron chi connectivity index (χ3n) is 5.71. The molecule has 5 rings (SSSR count). The topological polar surface area (TPSA) is 38.8 Å². The molecule has 134 valence electrons. The van der Waals surface area contributed by atoms with Crippen LogP contribution in [0.25, 0.3) is 11.3 Å². The standard InChI is InChI=1S/C22H23N2O2/c25-24-14-20(19-6-2-3-7-21(19)24)22-18-9-8-16(12-17(18)15-26-22)13-23-10-4-1-5-11-23/h2-3,6-9,12H,1,4-5,10-11,13-15H2/q-1. The second-order valence-electron chi connectivity index (χ2n) is 7.48. The van der Waals surface area contributed by atoms with E-state index in [9.17, 15) is 5.21 Å². The summed E-state index contributed by atoms with van der Waals surface area (Å²) in [4.78, 5) is 2.54. The Labute approximate surface area is 154 Å². The number of likely N-dealkylation sites (tertiary alicyclic amines) is 1. The predicted octanol–water partition coefficient (Wildman–Crippen LogP) is 4.39. The SMILES string of the molecule is [O-]N1CC(=C2OCc3cc(CN4CCCCC4)ccc32)c2ccccc21. The van der Waals surface area contributed by atoms with Gasteiger partial charge in [0.2, 0.25) is 0 Å². The number of piperidine rings is 1. The fraction of sp³-hybridized carbons (Fsp3) is 0.364. The maximum absolute atomic E-state index is 12.2. The van der Waals surface area contributed by atoms with Gasteiger partial charge in [-0.1, -0.05) is 42.8 Å². The molecule has 3 heterocycles. The number of fused-ring (bicyclic) bond motifs is 2. The van der Waals surface area contributed by atoms with Crippen molar-refractivity contribution in [1.82, 2.24) is 4.90 Å². The van der Waals surface area contributed by atoms with Crippen LogP contribution < -0.4 is 5.06 Å². The molecule has 4 nitrogen and oxygen atoms in total. The van der Waals surface area contributed by atoms with Crippen molar-refractivity contribution in [2.45, 2.75) is 32.4 Å². The lowest BCUT2D eigenvalue weighted by atomic mass is 9.99. The van der Waals surface area contributed by atoms with Gasteiger partial charge in [-0.2, -0.15) is 0 Å². The lowest BCUT2D eigenvalue weighted by Gasteiger charge is -2.26. The number of hydroxylamine groups is 1. The second kappa shape index (κ2) is 6.45. The summed E-state index contributed by atoms with van der Waals surface area (Å²) in [5.74, 6) is 0.885. The Hall–Kier alpha value is -2.30. The van der Waals surface area contributed by atoms with Crippen LogP contribution in [-0.2, 0) is 17.9 Å². The van der Waals surface area contributed by atoms with Gasteiger partial charge in [0.05, 0.1) is 0 Å². The third-order valence-corrected chi connectivity index (χ3v) is 5.71. The summed E-state index contributed by atoms with van der Waals surface area (Å²) in [6, 6.07) is 14.5. The molecule has 0 aliphatic carbocycles. The summed E-state index contributed by atoms with van der Waals surface area (Å²) in [5, 5.41) is 13.3. The summed E-state index contributed by atoms with van der Waals surface area (Å²) >= 11 is 0. The van der Waals surface area contributed by atoms with Crippen molar-refractivity contribution in [2.24, 2.45) is 0 Å². The summed E-state index contributed by atoms with van der Waals surface area (Å²) in [5.41, 5.74) is 6.50. The number of ether oxygens (including phenoxy) is 1. The van der Waals surface area contributed by atoms with Crippen LogP contribution in [0.5, 0.6) is 0 Å². The average Bonchev–Trinajstić information content (AvgIpc) is 3.24. The lowest BCUT2D eigenvalue weighted by Crippen LogP contribution is -2.29. The van der Waals surface area contributed by atoms with E-state index >= 15 is 0 Å². The quantitative estimate of drug-likeness (QED) is 0.808. The molecule has 0 radical (unpaired) electrons. The van der Waals surface area contributed by atoms with Gasteiger partial charge in [-0.25, -0.2) is 0 Å². The predicted molar refractivity (Wildman–Crippen MR) is 104 cm³/mol. The van der Waals surface area contributed by atoms with Crippen molar-refractivity contribution in [1.29, 1.82) is 0 Å². The van der Waals surface area contributed by atoms with Gasteiger partial charge in [-0.3, -0.25) is 4.90 Å². The number of rotatable bonds is 2. The summed E-state index contributed by atoms with van der Waals surface area (Å²) in [6.07, 6.45) is 3.99. The van der Waals surface area contributed by atoms with E-state index in [2.05, 4.69) is 23.1 Å². The maximum atomic E-state index is 12.2. The molecule has 2 aromatic carbocycles. The monoisotopic (exact) mass is 347 g/mol. The zero-order valence-electron chi connectivity index (χ0n) is 14.9. The molecular weight excluding hydrogens is 324 g/mol. The van der Waals surface area contributed by atoms with Gasteiger partial charge in [0.25, 0.3) is 0 Å². The number of para-hydroxylation sites is 1. The summed E-state index contributed by atoms with van der Waals surface area (Å²) in [6.45, 7) is 4.40. The highest BCUT2D eigenvalue weighted by atomic mass is 16.5. The molecule has 0 spiro atoms. The highest BCUT2D eigenvalue weighted by molar-refractivity contribution is 5.98. The first kappa shape index (κ1) is 15.9. The minimum atomic E-state index is 0.365. The van der Waals surface area contributed by atoms with Crippen molar-refractivity contribution in [3.63, 3.8) is 0 Å². The first-order chi connectivity index (χ1) is 12.8. The Bertz CT molecular complexity index is 868. The van der Waals surface area contributed by atoms with Gasteiger partial charge in [0, 0.05) is 41.0 Å². The highest BCUT2D eigenvalue weighted by Gasteiger charge is 2.27.